The molecule has 1 fully saturated rings. The highest BCUT2D eigenvalue weighted by atomic mass is 32.2. The van der Waals surface area contributed by atoms with Crippen molar-refractivity contribution in [3.05, 3.63) is 47.2 Å². The van der Waals surface area contributed by atoms with Crippen LogP contribution in [0.15, 0.2) is 29.4 Å². The molecule has 49 heavy (non-hydrogen) atoms. The molecule has 0 saturated carbocycles. The second-order valence-corrected chi connectivity index (χ2v) is 20.0. The van der Waals surface area contributed by atoms with Gasteiger partial charge in [-0.1, -0.05) is 65.3 Å². The molecule has 1 saturated heterocycles. The number of ether oxygens (including phenoxy) is 2. The van der Waals surface area contributed by atoms with E-state index in [9.17, 15) is 8.78 Å². The Morgan fingerprint density at radius 1 is 1.00 bits per heavy atom. The first-order valence-electron chi connectivity index (χ1n) is 16.6. The van der Waals surface area contributed by atoms with E-state index in [1.165, 1.54) is 29.8 Å². The molecular weight excluding hydrogens is 669 g/mol. The molecule has 0 N–H and O–H groups in total. The van der Waals surface area contributed by atoms with Crippen molar-refractivity contribution in [3.8, 4) is 28.5 Å². The maximum Gasteiger partial charge on any atom is 0.265 e. The molecule has 6 nitrogen and oxygen atoms in total. The van der Waals surface area contributed by atoms with E-state index in [0.717, 1.165) is 0 Å². The number of fused-ring (bicyclic) bond motifs is 2. The molecule has 3 heterocycles. The lowest BCUT2D eigenvalue weighted by molar-refractivity contribution is -0.0118. The van der Waals surface area contributed by atoms with Crippen LogP contribution in [0.3, 0.4) is 0 Å². The van der Waals surface area contributed by atoms with E-state index in [1.54, 1.807) is 31.4 Å². The molecule has 0 aliphatic carbocycles. The highest BCUT2D eigenvalue weighted by Crippen LogP contribution is 2.43. The fraction of sp³-hybridized carbons (Fsp3) is 0.486. The van der Waals surface area contributed by atoms with Gasteiger partial charge < -0.3 is 14.4 Å². The molecule has 0 bridgehead atoms. The Morgan fingerprint density at radius 2 is 1.69 bits per heavy atom. The van der Waals surface area contributed by atoms with Crippen molar-refractivity contribution in [1.29, 1.82) is 0 Å². The summed E-state index contributed by atoms with van der Waals surface area (Å²) in [5, 5.41) is 1.49. The van der Waals surface area contributed by atoms with Gasteiger partial charge in [-0.2, -0.15) is 0 Å². The molecule has 5 rings (SSSR count). The Kier molecular flexibility index (Phi) is 10.9. The lowest BCUT2D eigenvalue weighted by atomic mass is 9.95. The molecule has 0 unspecified atom stereocenters. The van der Waals surface area contributed by atoms with E-state index in [0.29, 0.717) is 45.4 Å². The molecule has 2 aromatic carbocycles. The third-order valence-corrected chi connectivity index (χ3v) is 16.5. The minimum Gasteiger partial charge on any atom is -0.468 e. The van der Waals surface area contributed by atoms with Gasteiger partial charge in [-0.3, -0.25) is 0 Å². The first kappa shape index (κ1) is 36.9. The number of aromatic nitrogens is 3. The third-order valence-electron chi connectivity index (χ3n) is 9.71. The summed E-state index contributed by atoms with van der Waals surface area (Å²) in [4.78, 5) is 15.3. The summed E-state index contributed by atoms with van der Waals surface area (Å²) < 4.78 is 73.1. The molecule has 0 atom stereocenters. The summed E-state index contributed by atoms with van der Waals surface area (Å²) in [5.74, 6) is -0.330. The van der Waals surface area contributed by atoms with Crippen molar-refractivity contribution in [2.45, 2.75) is 89.0 Å². The van der Waals surface area contributed by atoms with E-state index in [4.69, 9.17) is 14.5 Å². The zero-order valence-corrected chi connectivity index (χ0v) is 31.4. The summed E-state index contributed by atoms with van der Waals surface area (Å²) in [6, 6.07) is 6.34. The fourth-order valence-electron chi connectivity index (χ4n) is 7.49. The van der Waals surface area contributed by atoms with Crippen LogP contribution in [0.5, 0.6) is 5.75 Å². The first-order valence-corrected chi connectivity index (χ1v) is 20.1. The van der Waals surface area contributed by atoms with Gasteiger partial charge in [-0.05, 0) is 59.8 Å². The lowest BCUT2D eigenvalue weighted by Crippen LogP contribution is -2.43. The smallest absolute Gasteiger partial charge is 0.265 e. The molecular formula is C37H44F4N4O2SSi. The molecule has 262 valence electrons. The normalized spacial score (nSPS) is 15.1. The van der Waals surface area contributed by atoms with Gasteiger partial charge >= 0.3 is 0 Å². The topological polar surface area (TPSA) is 60.4 Å². The van der Waals surface area contributed by atoms with Crippen molar-refractivity contribution < 1.29 is 27.0 Å². The molecule has 0 radical (unpaired) electrons. The van der Waals surface area contributed by atoms with Gasteiger partial charge in [0.2, 0.25) is 0 Å². The van der Waals surface area contributed by atoms with E-state index >= 15 is 8.78 Å². The number of aryl methyl sites for hydroxylation is 1. The largest absolute Gasteiger partial charge is 0.468 e. The number of nitrogens with zero attached hydrogens (tertiary/aromatic N) is 4. The lowest BCUT2D eigenvalue weighted by Gasteiger charge is -2.38. The number of pyridine rings is 1. The summed E-state index contributed by atoms with van der Waals surface area (Å²) >= 11 is 1.19. The summed E-state index contributed by atoms with van der Waals surface area (Å²) in [5.41, 5.74) is 5.23. The fourth-order valence-corrected chi connectivity index (χ4v) is 13.1. The number of piperidine rings is 1. The van der Waals surface area contributed by atoms with Crippen LogP contribution in [0.1, 0.15) is 65.6 Å². The highest BCUT2D eigenvalue weighted by molar-refractivity contribution is 7.98. The van der Waals surface area contributed by atoms with Gasteiger partial charge in [0, 0.05) is 31.0 Å². The maximum atomic E-state index is 17.1. The maximum absolute atomic E-state index is 17.1. The van der Waals surface area contributed by atoms with Gasteiger partial charge in [0.25, 0.3) is 5.92 Å². The van der Waals surface area contributed by atoms with Crippen molar-refractivity contribution >= 4 is 47.3 Å². The predicted molar refractivity (Wildman–Crippen MR) is 194 cm³/mol. The van der Waals surface area contributed by atoms with Gasteiger partial charge in [-0.15, -0.1) is 5.54 Å². The molecule has 1 aliphatic heterocycles. The molecule has 1 aliphatic rings. The van der Waals surface area contributed by atoms with Crippen molar-refractivity contribution in [1.82, 2.24) is 15.0 Å². The van der Waals surface area contributed by atoms with Crippen LogP contribution in [0.2, 0.25) is 16.6 Å². The van der Waals surface area contributed by atoms with Crippen molar-refractivity contribution in [2.75, 3.05) is 38.1 Å². The average molecular weight is 713 g/mol. The number of anilines is 1. The van der Waals surface area contributed by atoms with Gasteiger partial charge in [-0.25, -0.2) is 32.5 Å². The Hall–Kier alpha value is -3.40. The van der Waals surface area contributed by atoms with Crippen LogP contribution in [0, 0.1) is 30.0 Å². The van der Waals surface area contributed by atoms with E-state index < -0.39 is 32.2 Å². The second-order valence-electron chi connectivity index (χ2n) is 13.7. The van der Waals surface area contributed by atoms with Crippen molar-refractivity contribution in [2.24, 2.45) is 0 Å². The second kappa shape index (κ2) is 14.4. The van der Waals surface area contributed by atoms with Crippen LogP contribution in [-0.2, 0) is 4.74 Å². The zero-order chi connectivity index (χ0) is 35.8. The monoisotopic (exact) mass is 712 g/mol. The van der Waals surface area contributed by atoms with E-state index in [2.05, 4.69) is 63.0 Å². The Balaban J connectivity index is 1.85. The number of alkyl halides is 2. The number of hydrogen-bond acceptors (Lipinski definition) is 7. The van der Waals surface area contributed by atoms with E-state index in [-0.39, 0.29) is 58.3 Å². The Labute approximate surface area is 291 Å². The van der Waals surface area contributed by atoms with Crippen LogP contribution in [0.4, 0.5) is 23.4 Å². The van der Waals surface area contributed by atoms with Crippen LogP contribution in [0.25, 0.3) is 32.9 Å². The number of thioether (sulfide) groups is 1. The van der Waals surface area contributed by atoms with Gasteiger partial charge in [0.05, 0.1) is 23.2 Å². The van der Waals surface area contributed by atoms with E-state index in [1.807, 2.05) is 0 Å². The standard InChI is InChI=1S/C37H44F4N4O2SSi/c1-21(2)49(22(3)4,23(5)6)16-13-27-29(38)12-11-25-17-26(47-20-46-8)18-28(31(25)27)33-32(39)34-30(24(7)42-33)35(44-36(43-34)48-9)45-15-10-14-37(40,41)19-45/h11-12,17-18,21-23H,10,14-15,19-20H2,1-9H3. The highest BCUT2D eigenvalue weighted by Gasteiger charge is 2.42. The van der Waals surface area contributed by atoms with Gasteiger partial charge in [0.15, 0.2) is 17.8 Å². The number of rotatable bonds is 9. The Bertz CT molecular complexity index is 1920. The van der Waals surface area contributed by atoms with Crippen LogP contribution >= 0.6 is 11.8 Å². The molecule has 0 spiro atoms. The Morgan fingerprint density at radius 3 is 2.31 bits per heavy atom. The molecule has 4 aromatic rings. The minimum absolute atomic E-state index is 0.0445. The number of methoxy groups -OCH3 is 1. The zero-order valence-electron chi connectivity index (χ0n) is 29.6. The van der Waals surface area contributed by atoms with Gasteiger partial charge in [0.1, 0.15) is 36.7 Å². The molecule has 0 amide bonds. The average Bonchev–Trinajstić information content (AvgIpc) is 3.04. The quantitative estimate of drug-likeness (QED) is 0.0428. The molecule has 2 aromatic heterocycles. The summed E-state index contributed by atoms with van der Waals surface area (Å²) in [7, 11) is -0.790. The van der Waals surface area contributed by atoms with Crippen LogP contribution < -0.4 is 9.64 Å². The third kappa shape index (κ3) is 6.99. The van der Waals surface area contributed by atoms with Crippen LogP contribution in [-0.4, -0.2) is 62.2 Å². The number of hydrogen-bond donors (Lipinski definition) is 0. The predicted octanol–water partition coefficient (Wildman–Crippen LogP) is 9.94. The van der Waals surface area contributed by atoms with Crippen molar-refractivity contribution in [3.63, 3.8) is 0 Å². The summed E-state index contributed by atoms with van der Waals surface area (Å²) in [6.45, 7) is 14.5. The SMILES string of the molecule is COCOc1cc(-c2nc(C)c3c(N4CCCC(F)(F)C4)nc(SC)nc3c2F)c2c(C#C[Si](C(C)C)(C(C)C)C(C)C)c(F)ccc2c1. The first-order chi connectivity index (χ1) is 23.1. The number of halogens is 4. The summed E-state index contributed by atoms with van der Waals surface area (Å²) in [6.07, 6.45) is 1.79. The minimum atomic E-state index is -2.90. The number of benzene rings is 2. The molecule has 12 heteroatoms.